The Morgan fingerprint density at radius 3 is 2.78 bits per heavy atom. The van der Waals surface area contributed by atoms with Gasteiger partial charge in [0.25, 0.3) is 11.1 Å². The highest BCUT2D eigenvalue weighted by Crippen LogP contribution is 2.29. The number of amides is 3. The van der Waals surface area contributed by atoms with Crippen LogP contribution in [0.1, 0.15) is 0 Å². The van der Waals surface area contributed by atoms with Crippen LogP contribution in [0.2, 0.25) is 0 Å². The first kappa shape index (κ1) is 18.8. The monoisotopic (exact) mass is 399 g/mol. The first-order valence-electron chi connectivity index (χ1n) is 7.49. The van der Waals surface area contributed by atoms with Gasteiger partial charge in [-0.1, -0.05) is 30.0 Å². The van der Waals surface area contributed by atoms with Crippen molar-refractivity contribution >= 4 is 34.6 Å². The summed E-state index contributed by atoms with van der Waals surface area (Å²) in [5.74, 6) is -0.834. The molecule has 0 atom stereocenters. The number of nitrogens with zero attached hydrogens (tertiary/aromatic N) is 2. The fourth-order valence-corrected chi connectivity index (χ4v) is 2.70. The van der Waals surface area contributed by atoms with Crippen LogP contribution in [0.3, 0.4) is 0 Å². The second-order valence-electron chi connectivity index (χ2n) is 5.26. The number of urea groups is 1. The van der Waals surface area contributed by atoms with E-state index in [0.717, 1.165) is 22.7 Å². The van der Waals surface area contributed by atoms with Gasteiger partial charge in [0.15, 0.2) is 0 Å². The van der Waals surface area contributed by atoms with Crippen LogP contribution in [-0.4, -0.2) is 45.6 Å². The predicted molar refractivity (Wildman–Crippen MR) is 89.9 cm³/mol. The molecule has 2 aromatic heterocycles. The van der Waals surface area contributed by atoms with Gasteiger partial charge in [-0.25, -0.2) is 4.79 Å². The van der Waals surface area contributed by atoms with Crippen LogP contribution in [0, 0.1) is 0 Å². The maximum atomic E-state index is 12.0. The lowest BCUT2D eigenvalue weighted by atomic mass is 10.2. The molecular weight excluding hydrogens is 387 g/mol. The van der Waals surface area contributed by atoms with E-state index >= 15 is 0 Å². The molecule has 3 rings (SSSR count). The number of halogens is 3. The molecule has 0 fully saturated rings. The number of fused-ring (bicyclic) bond motifs is 1. The van der Waals surface area contributed by atoms with E-state index in [1.54, 1.807) is 11.5 Å². The van der Waals surface area contributed by atoms with E-state index in [9.17, 15) is 22.8 Å². The normalized spacial score (nSPS) is 11.5. The summed E-state index contributed by atoms with van der Waals surface area (Å²) in [4.78, 5) is 25.8. The van der Waals surface area contributed by atoms with Crippen molar-refractivity contribution in [2.45, 2.75) is 11.4 Å². The molecule has 0 aliphatic heterocycles. The van der Waals surface area contributed by atoms with Gasteiger partial charge in [-0.3, -0.25) is 10.1 Å². The summed E-state index contributed by atoms with van der Waals surface area (Å²) in [6, 6.07) is 6.27. The summed E-state index contributed by atoms with van der Waals surface area (Å²) in [7, 11) is 0. The molecule has 0 saturated carbocycles. The molecule has 0 aliphatic rings. The van der Waals surface area contributed by atoms with Crippen LogP contribution in [0.25, 0.3) is 22.4 Å². The number of alkyl halides is 3. The van der Waals surface area contributed by atoms with Crippen molar-refractivity contribution in [2.75, 3.05) is 12.3 Å². The van der Waals surface area contributed by atoms with Crippen LogP contribution in [-0.2, 0) is 4.79 Å². The Morgan fingerprint density at radius 1 is 1.22 bits per heavy atom. The number of thioether (sulfide) groups is 1. The summed E-state index contributed by atoms with van der Waals surface area (Å²) >= 11 is 0.853. The number of hydrogen-bond donors (Lipinski definition) is 3. The van der Waals surface area contributed by atoms with E-state index in [-0.39, 0.29) is 16.9 Å². The van der Waals surface area contributed by atoms with Crippen LogP contribution in [0.5, 0.6) is 0 Å². The third kappa shape index (κ3) is 5.00. The van der Waals surface area contributed by atoms with Crippen molar-refractivity contribution in [2.24, 2.45) is 0 Å². The molecule has 1 aromatic carbocycles. The van der Waals surface area contributed by atoms with Gasteiger partial charge >= 0.3 is 12.2 Å². The summed E-state index contributed by atoms with van der Waals surface area (Å²) in [5.41, 5.74) is 1.59. The van der Waals surface area contributed by atoms with Gasteiger partial charge < -0.3 is 14.7 Å². The number of hydrogen-bond acceptors (Lipinski definition) is 6. The number of carbonyl (C=O) groups is 2. The third-order valence-electron chi connectivity index (χ3n) is 3.26. The second-order valence-corrected chi connectivity index (χ2v) is 6.18. The Morgan fingerprint density at radius 2 is 2.00 bits per heavy atom. The maximum absolute atomic E-state index is 12.0. The Kier molecular flexibility index (Phi) is 5.35. The molecule has 3 amide bonds. The van der Waals surface area contributed by atoms with Crippen molar-refractivity contribution in [3.63, 3.8) is 0 Å². The largest absolute Gasteiger partial charge is 0.411 e. The molecule has 2 heterocycles. The van der Waals surface area contributed by atoms with Crippen molar-refractivity contribution in [1.29, 1.82) is 0 Å². The lowest BCUT2D eigenvalue weighted by molar-refractivity contribution is -0.124. The quantitative estimate of drug-likeness (QED) is 0.569. The molecule has 142 valence electrons. The highest BCUT2D eigenvalue weighted by atomic mass is 32.2. The molecule has 0 radical (unpaired) electrons. The van der Waals surface area contributed by atoms with Gasteiger partial charge in [0.05, 0.1) is 11.3 Å². The molecule has 0 spiro atoms. The Labute approximate surface area is 153 Å². The van der Waals surface area contributed by atoms with E-state index in [1.165, 1.54) is 5.32 Å². The van der Waals surface area contributed by atoms with Gasteiger partial charge in [0, 0.05) is 17.1 Å². The number of benzene rings is 1. The average Bonchev–Trinajstić information content (AvgIpc) is 3.24. The molecule has 0 saturated heterocycles. The van der Waals surface area contributed by atoms with E-state index < -0.39 is 24.7 Å². The summed E-state index contributed by atoms with van der Waals surface area (Å²) in [6.07, 6.45) is -2.85. The highest BCUT2D eigenvalue weighted by Gasteiger charge is 2.28. The zero-order valence-corrected chi connectivity index (χ0v) is 14.3. The first-order chi connectivity index (χ1) is 12.8. The maximum Gasteiger partial charge on any atom is 0.405 e. The minimum absolute atomic E-state index is 0.0844. The SMILES string of the molecule is O=C(CSc1nnc(-c2c[nH]c3ccccc23)o1)NC(=O)NCC(F)(F)F. The van der Waals surface area contributed by atoms with Crippen molar-refractivity contribution < 1.29 is 27.2 Å². The molecule has 27 heavy (non-hydrogen) atoms. The number of carbonyl (C=O) groups excluding carboxylic acids is 2. The van der Waals surface area contributed by atoms with Gasteiger partial charge in [-0.2, -0.15) is 13.2 Å². The number of aromatic amines is 1. The smallest absolute Gasteiger partial charge is 0.405 e. The lowest BCUT2D eigenvalue weighted by Gasteiger charge is -2.08. The Hall–Kier alpha value is -3.02. The summed E-state index contributed by atoms with van der Waals surface area (Å²) < 4.78 is 41.4. The number of para-hydroxylation sites is 1. The minimum Gasteiger partial charge on any atom is -0.411 e. The first-order valence-corrected chi connectivity index (χ1v) is 8.47. The van der Waals surface area contributed by atoms with E-state index in [0.29, 0.717) is 5.56 Å². The minimum atomic E-state index is -4.56. The van der Waals surface area contributed by atoms with Crippen molar-refractivity contribution in [3.8, 4) is 11.5 Å². The van der Waals surface area contributed by atoms with Crippen LogP contribution in [0.15, 0.2) is 40.1 Å². The van der Waals surface area contributed by atoms with Gasteiger partial charge in [0.2, 0.25) is 5.91 Å². The molecule has 3 aromatic rings. The standard InChI is InChI=1S/C15H12F3N5O3S/c16-15(17,18)7-20-13(25)21-11(24)6-27-14-23-22-12(26-14)9-5-19-10-4-2-1-3-8(9)10/h1-5,19H,6-7H2,(H2,20,21,24,25). The molecule has 0 aliphatic carbocycles. The zero-order chi connectivity index (χ0) is 19.4. The highest BCUT2D eigenvalue weighted by molar-refractivity contribution is 7.99. The number of H-pyrrole nitrogens is 1. The Balaban J connectivity index is 1.54. The average molecular weight is 399 g/mol. The van der Waals surface area contributed by atoms with Crippen LogP contribution >= 0.6 is 11.8 Å². The summed E-state index contributed by atoms with van der Waals surface area (Å²) in [6.45, 7) is -1.53. The predicted octanol–water partition coefficient (Wildman–Crippen LogP) is 2.70. The number of imide groups is 1. The number of rotatable bonds is 5. The third-order valence-corrected chi connectivity index (χ3v) is 4.07. The number of aromatic nitrogens is 3. The van der Waals surface area contributed by atoms with Crippen molar-refractivity contribution in [1.82, 2.24) is 25.8 Å². The molecule has 0 unspecified atom stereocenters. The Bertz CT molecular complexity index is 969. The molecule has 12 heteroatoms. The topological polar surface area (TPSA) is 113 Å². The van der Waals surface area contributed by atoms with Crippen molar-refractivity contribution in [3.05, 3.63) is 30.5 Å². The van der Waals surface area contributed by atoms with Crippen LogP contribution < -0.4 is 10.6 Å². The fraction of sp³-hybridized carbons (Fsp3) is 0.200. The van der Waals surface area contributed by atoms with Crippen LogP contribution in [0.4, 0.5) is 18.0 Å². The molecule has 3 N–H and O–H groups in total. The second kappa shape index (κ2) is 7.70. The summed E-state index contributed by atoms with van der Waals surface area (Å²) in [5, 5.41) is 12.0. The molecule has 8 nitrogen and oxygen atoms in total. The molecular formula is C15H12F3N5O3S. The van der Waals surface area contributed by atoms with Gasteiger partial charge in [-0.15, -0.1) is 10.2 Å². The lowest BCUT2D eigenvalue weighted by Crippen LogP contribution is -2.43. The van der Waals surface area contributed by atoms with E-state index in [2.05, 4.69) is 15.2 Å². The van der Waals surface area contributed by atoms with Gasteiger partial charge in [0.1, 0.15) is 6.54 Å². The zero-order valence-electron chi connectivity index (χ0n) is 13.5. The molecule has 0 bridgehead atoms. The number of nitrogens with one attached hydrogen (secondary N) is 3. The van der Waals surface area contributed by atoms with E-state index in [1.807, 2.05) is 24.3 Å². The van der Waals surface area contributed by atoms with E-state index in [4.69, 9.17) is 4.42 Å². The van der Waals surface area contributed by atoms with Gasteiger partial charge in [-0.05, 0) is 6.07 Å². The fourth-order valence-electron chi connectivity index (χ4n) is 2.14.